The van der Waals surface area contributed by atoms with Gasteiger partial charge in [0.1, 0.15) is 6.54 Å². The van der Waals surface area contributed by atoms with Crippen LogP contribution >= 0.6 is 0 Å². The van der Waals surface area contributed by atoms with Gasteiger partial charge < -0.3 is 9.59 Å². The minimum absolute atomic E-state index is 0.0718. The Balaban J connectivity index is 0.000000657. The van der Waals surface area contributed by atoms with E-state index >= 15 is 0 Å². The van der Waals surface area contributed by atoms with Crippen molar-refractivity contribution in [2.75, 3.05) is 20.6 Å². The van der Waals surface area contributed by atoms with Gasteiger partial charge in [-0.25, -0.2) is 0 Å². The summed E-state index contributed by atoms with van der Waals surface area (Å²) < 4.78 is 1.11. The molecule has 0 atom stereocenters. The SMILES string of the molecule is CCCCCCCCCCCCCCCC[N+](C)(C)Cc1ccccc1.[O-]c1ccccc1. The molecular formula is C31H51NO. The Morgan fingerprint density at radius 1 is 0.545 bits per heavy atom. The zero-order valence-electron chi connectivity index (χ0n) is 21.9. The summed E-state index contributed by atoms with van der Waals surface area (Å²) in [5.41, 5.74) is 1.46. The van der Waals surface area contributed by atoms with Gasteiger partial charge in [-0.3, -0.25) is 0 Å². The summed E-state index contributed by atoms with van der Waals surface area (Å²) in [6.45, 7) is 4.75. The van der Waals surface area contributed by atoms with Crippen molar-refractivity contribution in [2.24, 2.45) is 0 Å². The molecule has 0 fully saturated rings. The predicted octanol–water partition coefficient (Wildman–Crippen LogP) is 8.50. The van der Waals surface area contributed by atoms with E-state index in [1.165, 1.54) is 114 Å². The number of hydrogen-bond acceptors (Lipinski definition) is 1. The Labute approximate surface area is 205 Å². The van der Waals surface area contributed by atoms with Crippen LogP contribution in [0.4, 0.5) is 0 Å². The third-order valence-electron chi connectivity index (χ3n) is 6.31. The van der Waals surface area contributed by atoms with Gasteiger partial charge in [0.05, 0.1) is 20.6 Å². The van der Waals surface area contributed by atoms with Crippen LogP contribution in [0.5, 0.6) is 5.75 Å². The van der Waals surface area contributed by atoms with E-state index in [2.05, 4.69) is 51.4 Å². The van der Waals surface area contributed by atoms with Crippen LogP contribution in [0.1, 0.15) is 102 Å². The van der Waals surface area contributed by atoms with E-state index in [-0.39, 0.29) is 5.75 Å². The summed E-state index contributed by atoms with van der Waals surface area (Å²) in [4.78, 5) is 0. The third-order valence-corrected chi connectivity index (χ3v) is 6.31. The molecule has 0 heterocycles. The molecule has 0 bridgehead atoms. The molecule has 2 heteroatoms. The van der Waals surface area contributed by atoms with Gasteiger partial charge in [-0.05, 0) is 12.8 Å². The van der Waals surface area contributed by atoms with Gasteiger partial charge in [0.25, 0.3) is 0 Å². The van der Waals surface area contributed by atoms with Crippen LogP contribution in [0.15, 0.2) is 60.7 Å². The highest BCUT2D eigenvalue weighted by atomic mass is 16.3. The third kappa shape index (κ3) is 18.3. The average Bonchev–Trinajstić information content (AvgIpc) is 2.80. The van der Waals surface area contributed by atoms with Crippen LogP contribution in [-0.2, 0) is 6.54 Å². The van der Waals surface area contributed by atoms with Crippen molar-refractivity contribution in [1.82, 2.24) is 0 Å². The molecule has 0 aliphatic heterocycles. The standard InChI is InChI=1S/C25H46N.C6H6O/c1-4-5-6-7-8-9-10-11-12-13-14-15-16-20-23-26(2,3)24-25-21-18-17-19-22-25;7-6-4-2-1-3-5-6/h17-19,21-22H,4-16,20,23-24H2,1-3H3;1-5,7H/q+1;/p-1. The first-order chi connectivity index (χ1) is 16.0. The molecule has 0 saturated carbocycles. The molecule has 0 unspecified atom stereocenters. The van der Waals surface area contributed by atoms with Crippen LogP contribution in [0.3, 0.4) is 0 Å². The molecule has 0 aromatic heterocycles. The molecule has 186 valence electrons. The number of unbranched alkanes of at least 4 members (excludes halogenated alkanes) is 13. The zero-order chi connectivity index (χ0) is 24.0. The van der Waals surface area contributed by atoms with E-state index in [4.69, 9.17) is 0 Å². The number of quaternary nitrogens is 1. The van der Waals surface area contributed by atoms with Crippen LogP contribution < -0.4 is 5.11 Å². The molecule has 2 rings (SSSR count). The summed E-state index contributed by atoms with van der Waals surface area (Å²) in [6.07, 6.45) is 20.2. The summed E-state index contributed by atoms with van der Waals surface area (Å²) in [5, 5.41) is 10.3. The fourth-order valence-corrected chi connectivity index (χ4v) is 4.31. The first-order valence-corrected chi connectivity index (χ1v) is 13.6. The van der Waals surface area contributed by atoms with Crippen LogP contribution in [-0.4, -0.2) is 25.1 Å². The molecule has 33 heavy (non-hydrogen) atoms. The Kier molecular flexibility index (Phi) is 17.4. The lowest BCUT2D eigenvalue weighted by molar-refractivity contribution is -0.903. The lowest BCUT2D eigenvalue weighted by atomic mass is 10.0. The second-order valence-electron chi connectivity index (χ2n) is 10.2. The molecule has 2 nitrogen and oxygen atoms in total. The Hall–Kier alpha value is -1.80. The van der Waals surface area contributed by atoms with Crippen molar-refractivity contribution in [3.05, 3.63) is 66.2 Å². The minimum atomic E-state index is 0.0718. The topological polar surface area (TPSA) is 23.1 Å². The van der Waals surface area contributed by atoms with Gasteiger partial charge in [-0.2, -0.15) is 0 Å². The van der Waals surface area contributed by atoms with E-state index in [1.54, 1.807) is 12.1 Å². The number of para-hydroxylation sites is 1. The molecule has 0 radical (unpaired) electrons. The first-order valence-electron chi connectivity index (χ1n) is 13.6. The smallest absolute Gasteiger partial charge is 0.104 e. The predicted molar refractivity (Wildman–Crippen MR) is 143 cm³/mol. The van der Waals surface area contributed by atoms with Crippen molar-refractivity contribution in [3.8, 4) is 5.75 Å². The maximum Gasteiger partial charge on any atom is 0.104 e. The molecule has 0 spiro atoms. The monoisotopic (exact) mass is 453 g/mol. The fourth-order valence-electron chi connectivity index (χ4n) is 4.31. The number of hydrogen-bond donors (Lipinski definition) is 0. The highest BCUT2D eigenvalue weighted by Crippen LogP contribution is 2.15. The van der Waals surface area contributed by atoms with Crippen molar-refractivity contribution in [1.29, 1.82) is 0 Å². The minimum Gasteiger partial charge on any atom is -0.872 e. The molecule has 0 aliphatic carbocycles. The molecule has 2 aromatic carbocycles. The Bertz CT molecular complexity index is 653. The second-order valence-corrected chi connectivity index (χ2v) is 10.2. The van der Waals surface area contributed by atoms with E-state index < -0.39 is 0 Å². The van der Waals surface area contributed by atoms with Gasteiger partial charge in [0.2, 0.25) is 0 Å². The van der Waals surface area contributed by atoms with Crippen molar-refractivity contribution in [3.63, 3.8) is 0 Å². The van der Waals surface area contributed by atoms with E-state index in [0.717, 1.165) is 11.0 Å². The molecule has 2 aromatic rings. The molecule has 0 saturated heterocycles. The maximum atomic E-state index is 10.3. The number of benzene rings is 2. The van der Waals surface area contributed by atoms with E-state index in [1.807, 2.05) is 6.07 Å². The van der Waals surface area contributed by atoms with Gasteiger partial charge >= 0.3 is 0 Å². The van der Waals surface area contributed by atoms with Gasteiger partial charge in [0.15, 0.2) is 0 Å². The quantitative estimate of drug-likeness (QED) is 0.174. The van der Waals surface area contributed by atoms with Gasteiger partial charge in [-0.1, -0.05) is 145 Å². The summed E-state index contributed by atoms with van der Waals surface area (Å²) in [6, 6.07) is 19.3. The first kappa shape index (κ1) is 29.2. The van der Waals surface area contributed by atoms with E-state index in [9.17, 15) is 5.11 Å². The Morgan fingerprint density at radius 3 is 1.33 bits per heavy atom. The van der Waals surface area contributed by atoms with Gasteiger partial charge in [-0.15, -0.1) is 5.75 Å². The lowest BCUT2D eigenvalue weighted by Crippen LogP contribution is -2.39. The molecular weight excluding hydrogens is 402 g/mol. The largest absolute Gasteiger partial charge is 0.872 e. The molecule has 0 amide bonds. The van der Waals surface area contributed by atoms with Crippen molar-refractivity contribution < 1.29 is 9.59 Å². The molecule has 0 N–H and O–H groups in total. The lowest BCUT2D eigenvalue weighted by Gasteiger charge is -2.30. The van der Waals surface area contributed by atoms with Gasteiger partial charge in [0, 0.05) is 5.56 Å². The van der Waals surface area contributed by atoms with E-state index in [0.29, 0.717) is 0 Å². The Morgan fingerprint density at radius 2 is 0.939 bits per heavy atom. The highest BCUT2D eigenvalue weighted by molar-refractivity contribution is 5.17. The maximum absolute atomic E-state index is 10.3. The highest BCUT2D eigenvalue weighted by Gasteiger charge is 2.14. The summed E-state index contributed by atoms with van der Waals surface area (Å²) >= 11 is 0. The van der Waals surface area contributed by atoms with Crippen molar-refractivity contribution in [2.45, 2.75) is 103 Å². The number of nitrogens with zero attached hydrogens (tertiary/aromatic N) is 1. The molecule has 0 aliphatic rings. The second kappa shape index (κ2) is 19.6. The van der Waals surface area contributed by atoms with Crippen LogP contribution in [0, 0.1) is 0 Å². The fraction of sp³-hybridized carbons (Fsp3) is 0.613. The summed E-state index contributed by atoms with van der Waals surface area (Å²) in [5.74, 6) is 0.0718. The van der Waals surface area contributed by atoms with Crippen LogP contribution in [0.2, 0.25) is 0 Å². The average molecular weight is 454 g/mol. The number of rotatable bonds is 17. The normalized spacial score (nSPS) is 11.1. The summed E-state index contributed by atoms with van der Waals surface area (Å²) in [7, 11) is 4.74. The zero-order valence-corrected chi connectivity index (χ0v) is 21.9. The van der Waals surface area contributed by atoms with Crippen molar-refractivity contribution >= 4 is 0 Å². The van der Waals surface area contributed by atoms with Crippen LogP contribution in [0.25, 0.3) is 0 Å².